The lowest BCUT2D eigenvalue weighted by atomic mass is 9.98. The Balaban J connectivity index is 2.37. The molecule has 1 atom stereocenters. The van der Waals surface area contributed by atoms with Crippen LogP contribution in [0.4, 0.5) is 0 Å². The van der Waals surface area contributed by atoms with Gasteiger partial charge in [0.15, 0.2) is 5.82 Å². The Hall–Kier alpha value is -2.17. The van der Waals surface area contributed by atoms with Crippen LogP contribution in [-0.4, -0.2) is 27.3 Å². The maximum Gasteiger partial charge on any atom is 0.336 e. The molecule has 136 valence electrons. The minimum atomic E-state index is -0.0372. The highest BCUT2D eigenvalue weighted by atomic mass is 16.5. The van der Waals surface area contributed by atoms with Crippen molar-refractivity contribution in [2.45, 2.75) is 59.8 Å². The molecular weight excluding hydrogens is 314 g/mol. The van der Waals surface area contributed by atoms with Gasteiger partial charge in [-0.1, -0.05) is 63.4 Å². The zero-order valence-corrected chi connectivity index (χ0v) is 15.8. The van der Waals surface area contributed by atoms with E-state index in [0.29, 0.717) is 12.4 Å². The van der Waals surface area contributed by atoms with Gasteiger partial charge in [-0.2, -0.15) is 9.67 Å². The average molecular weight is 343 g/mol. The fourth-order valence-corrected chi connectivity index (χ4v) is 2.72. The Morgan fingerprint density at radius 2 is 1.88 bits per heavy atom. The Bertz CT molecular complexity index is 677. The number of unbranched alkanes of at least 4 members (excludes halogenated alkanes) is 1. The molecule has 0 radical (unpaired) electrons. The number of benzene rings is 1. The van der Waals surface area contributed by atoms with Gasteiger partial charge in [0.05, 0.1) is 6.61 Å². The zero-order chi connectivity index (χ0) is 18.2. The summed E-state index contributed by atoms with van der Waals surface area (Å²) in [4.78, 5) is 17.5. The van der Waals surface area contributed by atoms with Crippen molar-refractivity contribution >= 4 is 5.91 Å². The van der Waals surface area contributed by atoms with Crippen molar-refractivity contribution in [2.75, 3.05) is 6.61 Å². The molecule has 1 heterocycles. The van der Waals surface area contributed by atoms with Gasteiger partial charge >= 0.3 is 6.01 Å². The van der Waals surface area contributed by atoms with Gasteiger partial charge in [-0.3, -0.25) is 4.79 Å². The number of carbonyl (C=O) groups excluding carboxylic acids is 1. The molecule has 2 aromatic rings. The van der Waals surface area contributed by atoms with Crippen LogP contribution in [0.1, 0.15) is 63.2 Å². The maximum atomic E-state index is 13.0. The van der Waals surface area contributed by atoms with Gasteiger partial charge in [0.2, 0.25) is 0 Å². The number of carbonyl (C=O) groups is 1. The standard InChI is InChI=1S/C20H29N3O2/c1-5-8-9-16(7-3)19(24)23-18(17-12-10-15(4)11-13-17)21-20(22-23)25-14-6-2/h10-13,16H,5-9,14H2,1-4H3. The highest BCUT2D eigenvalue weighted by molar-refractivity contribution is 5.84. The molecule has 0 saturated carbocycles. The molecule has 0 bridgehead atoms. The lowest BCUT2D eigenvalue weighted by Gasteiger charge is -2.14. The van der Waals surface area contributed by atoms with E-state index in [4.69, 9.17) is 4.74 Å². The van der Waals surface area contributed by atoms with E-state index in [9.17, 15) is 4.79 Å². The van der Waals surface area contributed by atoms with Gasteiger partial charge in [-0.25, -0.2) is 0 Å². The van der Waals surface area contributed by atoms with Gasteiger partial charge in [-0.05, 0) is 26.2 Å². The predicted molar refractivity (Wildman–Crippen MR) is 99.9 cm³/mol. The molecule has 1 aromatic carbocycles. The monoisotopic (exact) mass is 343 g/mol. The Morgan fingerprint density at radius 1 is 1.16 bits per heavy atom. The van der Waals surface area contributed by atoms with Gasteiger partial charge in [0, 0.05) is 11.5 Å². The van der Waals surface area contributed by atoms with Crippen LogP contribution in [0.5, 0.6) is 6.01 Å². The summed E-state index contributed by atoms with van der Waals surface area (Å²) >= 11 is 0. The van der Waals surface area contributed by atoms with Crippen molar-refractivity contribution in [3.63, 3.8) is 0 Å². The first kappa shape index (κ1) is 19.2. The van der Waals surface area contributed by atoms with E-state index in [0.717, 1.165) is 43.2 Å². The molecule has 25 heavy (non-hydrogen) atoms. The van der Waals surface area contributed by atoms with Crippen LogP contribution in [0.25, 0.3) is 11.4 Å². The summed E-state index contributed by atoms with van der Waals surface area (Å²) in [7, 11) is 0. The van der Waals surface area contributed by atoms with Gasteiger partial charge < -0.3 is 4.74 Å². The molecule has 0 fully saturated rings. The number of hydrogen-bond donors (Lipinski definition) is 0. The first-order valence-corrected chi connectivity index (χ1v) is 9.31. The van der Waals surface area contributed by atoms with Crippen molar-refractivity contribution in [3.05, 3.63) is 29.8 Å². The van der Waals surface area contributed by atoms with E-state index >= 15 is 0 Å². The van der Waals surface area contributed by atoms with E-state index in [1.165, 1.54) is 4.68 Å². The van der Waals surface area contributed by atoms with E-state index < -0.39 is 0 Å². The second kappa shape index (κ2) is 9.35. The van der Waals surface area contributed by atoms with Crippen LogP contribution in [0.2, 0.25) is 0 Å². The molecule has 1 aromatic heterocycles. The number of hydrogen-bond acceptors (Lipinski definition) is 4. The Morgan fingerprint density at radius 3 is 2.48 bits per heavy atom. The average Bonchev–Trinajstić information content (AvgIpc) is 3.05. The normalized spacial score (nSPS) is 12.2. The Labute approximate surface area is 150 Å². The number of aryl methyl sites for hydroxylation is 1. The molecule has 0 N–H and O–H groups in total. The summed E-state index contributed by atoms with van der Waals surface area (Å²) in [5, 5.41) is 4.36. The third-order valence-electron chi connectivity index (χ3n) is 4.29. The number of ether oxygens (including phenoxy) is 1. The summed E-state index contributed by atoms with van der Waals surface area (Å²) in [5.41, 5.74) is 2.04. The zero-order valence-electron chi connectivity index (χ0n) is 15.8. The Kier molecular flexibility index (Phi) is 7.16. The minimum Gasteiger partial charge on any atom is -0.462 e. The highest BCUT2D eigenvalue weighted by Gasteiger charge is 2.24. The lowest BCUT2D eigenvalue weighted by Crippen LogP contribution is -2.23. The van der Waals surface area contributed by atoms with Crippen molar-refractivity contribution < 1.29 is 9.53 Å². The predicted octanol–water partition coefficient (Wildman–Crippen LogP) is 4.90. The molecule has 0 aliphatic carbocycles. The number of aromatic nitrogens is 3. The smallest absolute Gasteiger partial charge is 0.336 e. The fraction of sp³-hybridized carbons (Fsp3) is 0.550. The molecule has 5 nitrogen and oxygen atoms in total. The van der Waals surface area contributed by atoms with Crippen LogP contribution in [0, 0.1) is 12.8 Å². The SMILES string of the molecule is CCCCC(CC)C(=O)n1nc(OCCC)nc1-c1ccc(C)cc1. The topological polar surface area (TPSA) is 57.0 Å². The highest BCUT2D eigenvalue weighted by Crippen LogP contribution is 2.24. The molecule has 1 unspecified atom stereocenters. The molecule has 0 spiro atoms. The molecule has 0 amide bonds. The first-order valence-electron chi connectivity index (χ1n) is 9.31. The van der Waals surface area contributed by atoms with Gasteiger partial charge in [0.1, 0.15) is 0 Å². The third kappa shape index (κ3) is 4.91. The molecule has 2 rings (SSSR count). The summed E-state index contributed by atoms with van der Waals surface area (Å²) in [6.07, 6.45) is 4.67. The number of rotatable bonds is 9. The fourth-order valence-electron chi connectivity index (χ4n) is 2.72. The number of nitrogens with zero attached hydrogens (tertiary/aromatic N) is 3. The first-order chi connectivity index (χ1) is 12.1. The quantitative estimate of drug-likeness (QED) is 0.650. The summed E-state index contributed by atoms with van der Waals surface area (Å²) in [5.74, 6) is 0.529. The van der Waals surface area contributed by atoms with E-state index in [1.54, 1.807) is 0 Å². The van der Waals surface area contributed by atoms with E-state index in [2.05, 4.69) is 23.9 Å². The molecule has 0 aliphatic heterocycles. The van der Waals surface area contributed by atoms with Crippen LogP contribution in [0.3, 0.4) is 0 Å². The van der Waals surface area contributed by atoms with Gasteiger partial charge in [0.25, 0.3) is 5.91 Å². The molecule has 0 aliphatic rings. The molecule has 5 heteroatoms. The molecular formula is C20H29N3O2. The van der Waals surface area contributed by atoms with Crippen LogP contribution in [0.15, 0.2) is 24.3 Å². The second-order valence-corrected chi connectivity index (χ2v) is 6.43. The third-order valence-corrected chi connectivity index (χ3v) is 4.29. The minimum absolute atomic E-state index is 0.00498. The van der Waals surface area contributed by atoms with Crippen molar-refractivity contribution in [2.24, 2.45) is 5.92 Å². The molecule has 0 saturated heterocycles. The largest absolute Gasteiger partial charge is 0.462 e. The lowest BCUT2D eigenvalue weighted by molar-refractivity contribution is 0.0804. The summed E-state index contributed by atoms with van der Waals surface area (Å²) < 4.78 is 7.02. The summed E-state index contributed by atoms with van der Waals surface area (Å²) in [6.45, 7) is 8.79. The summed E-state index contributed by atoms with van der Waals surface area (Å²) in [6, 6.07) is 8.25. The van der Waals surface area contributed by atoms with Crippen molar-refractivity contribution in [1.82, 2.24) is 14.8 Å². The maximum absolute atomic E-state index is 13.0. The van der Waals surface area contributed by atoms with Crippen molar-refractivity contribution in [1.29, 1.82) is 0 Å². The van der Waals surface area contributed by atoms with Crippen molar-refractivity contribution in [3.8, 4) is 17.4 Å². The van der Waals surface area contributed by atoms with Crippen LogP contribution >= 0.6 is 0 Å². The van der Waals surface area contributed by atoms with Crippen LogP contribution in [-0.2, 0) is 0 Å². The van der Waals surface area contributed by atoms with Gasteiger partial charge in [-0.15, -0.1) is 5.10 Å². The van der Waals surface area contributed by atoms with E-state index in [-0.39, 0.29) is 17.8 Å². The van der Waals surface area contributed by atoms with Crippen LogP contribution < -0.4 is 4.74 Å². The second-order valence-electron chi connectivity index (χ2n) is 6.43. The van der Waals surface area contributed by atoms with E-state index in [1.807, 2.05) is 38.1 Å².